The number of amidine groups is 1. The zero-order chi connectivity index (χ0) is 13.1. The predicted molar refractivity (Wildman–Crippen MR) is 66.6 cm³/mol. The molecule has 0 saturated carbocycles. The molecule has 0 aliphatic heterocycles. The Labute approximate surface area is 101 Å². The van der Waals surface area contributed by atoms with E-state index in [1.807, 2.05) is 0 Å². The fraction of sp³-hybridized carbons (Fsp3) is 0.273. The lowest BCUT2D eigenvalue weighted by Crippen LogP contribution is -2.07. The van der Waals surface area contributed by atoms with E-state index in [1.165, 1.54) is 12.3 Å². The first kappa shape index (κ1) is 13.2. The summed E-state index contributed by atoms with van der Waals surface area (Å²) in [5, 5.41) is 11.3. The molecule has 0 bridgehead atoms. The number of sulfone groups is 1. The van der Waals surface area contributed by atoms with Crippen molar-refractivity contribution in [2.45, 2.75) is 18.7 Å². The number of aliphatic imine (C=N–C) groups is 1. The van der Waals surface area contributed by atoms with E-state index in [2.05, 4.69) is 10.3 Å². The third kappa shape index (κ3) is 3.57. The molecular weight excluding hydrogens is 238 g/mol. The van der Waals surface area contributed by atoms with E-state index in [9.17, 15) is 8.42 Å². The maximum Gasteiger partial charge on any atom is 0.207 e. The summed E-state index contributed by atoms with van der Waals surface area (Å²) in [6.07, 6.45) is 2.84. The van der Waals surface area contributed by atoms with Crippen LogP contribution in [0.2, 0.25) is 0 Å². The minimum atomic E-state index is -3.20. The van der Waals surface area contributed by atoms with Crippen molar-refractivity contribution in [1.82, 2.24) is 0 Å². The molecule has 0 fully saturated rings. The van der Waals surface area contributed by atoms with Crippen molar-refractivity contribution >= 4 is 21.4 Å². The van der Waals surface area contributed by atoms with Crippen LogP contribution in [0.15, 0.2) is 28.1 Å². The minimum absolute atomic E-state index is 0.304. The van der Waals surface area contributed by atoms with Crippen LogP contribution in [0.5, 0.6) is 0 Å². The predicted octanol–water partition coefficient (Wildman–Crippen LogP) is 1.71. The van der Waals surface area contributed by atoms with Crippen LogP contribution in [0.3, 0.4) is 0 Å². The van der Waals surface area contributed by atoms with E-state index in [0.717, 1.165) is 0 Å². The lowest BCUT2D eigenvalue weighted by Gasteiger charge is -2.08. The lowest BCUT2D eigenvalue weighted by molar-refractivity contribution is 0.601. The van der Waals surface area contributed by atoms with E-state index in [1.54, 1.807) is 32.2 Å². The van der Waals surface area contributed by atoms with Crippen LogP contribution < -0.4 is 5.32 Å². The summed E-state index contributed by atoms with van der Waals surface area (Å²) >= 11 is 0. The van der Waals surface area contributed by atoms with Crippen molar-refractivity contribution in [2.75, 3.05) is 11.6 Å². The largest absolute Gasteiger partial charge is 0.343 e. The fourth-order valence-electron chi connectivity index (χ4n) is 1.46. The van der Waals surface area contributed by atoms with Gasteiger partial charge in [0.1, 0.15) is 5.84 Å². The Kier molecular flexibility index (Phi) is 3.86. The van der Waals surface area contributed by atoms with Gasteiger partial charge in [0, 0.05) is 11.9 Å². The molecule has 0 heterocycles. The summed E-state index contributed by atoms with van der Waals surface area (Å²) < 4.78 is 22.8. The monoisotopic (exact) mass is 251 g/mol. The van der Waals surface area contributed by atoms with Crippen molar-refractivity contribution in [1.29, 1.82) is 5.26 Å². The SMILES string of the molecule is C/C(=N\C#N)Nc1ccc(S(C)(=O)=O)c(C)c1. The van der Waals surface area contributed by atoms with Gasteiger partial charge in [-0.15, -0.1) is 0 Å². The van der Waals surface area contributed by atoms with E-state index >= 15 is 0 Å². The van der Waals surface area contributed by atoms with Gasteiger partial charge in [0.15, 0.2) is 9.84 Å². The van der Waals surface area contributed by atoms with Crippen molar-refractivity contribution < 1.29 is 8.42 Å². The normalized spacial score (nSPS) is 12.0. The molecule has 0 amide bonds. The highest BCUT2D eigenvalue weighted by Gasteiger charge is 2.10. The number of nitriles is 1. The Morgan fingerprint density at radius 2 is 2.12 bits per heavy atom. The average molecular weight is 251 g/mol. The van der Waals surface area contributed by atoms with E-state index in [4.69, 9.17) is 5.26 Å². The van der Waals surface area contributed by atoms with Crippen molar-refractivity contribution in [3.05, 3.63) is 23.8 Å². The molecule has 5 nitrogen and oxygen atoms in total. The highest BCUT2D eigenvalue weighted by atomic mass is 32.2. The van der Waals surface area contributed by atoms with Crippen LogP contribution in [-0.2, 0) is 9.84 Å². The molecule has 0 saturated heterocycles. The van der Waals surface area contributed by atoms with Crippen molar-refractivity contribution in [3.63, 3.8) is 0 Å². The number of nitrogens with zero attached hydrogens (tertiary/aromatic N) is 2. The third-order valence-corrected chi connectivity index (χ3v) is 3.37. The molecular formula is C11H13N3O2S. The summed E-state index contributed by atoms with van der Waals surface area (Å²) in [5.41, 5.74) is 1.36. The maximum absolute atomic E-state index is 11.4. The van der Waals surface area contributed by atoms with Gasteiger partial charge in [-0.25, -0.2) is 8.42 Å². The molecule has 90 valence electrons. The lowest BCUT2D eigenvalue weighted by atomic mass is 10.2. The molecule has 0 aliphatic carbocycles. The van der Waals surface area contributed by atoms with E-state index < -0.39 is 9.84 Å². The van der Waals surface area contributed by atoms with E-state index in [-0.39, 0.29) is 0 Å². The molecule has 0 radical (unpaired) electrons. The van der Waals surface area contributed by atoms with Crippen LogP contribution >= 0.6 is 0 Å². The topological polar surface area (TPSA) is 82.3 Å². The summed E-state index contributed by atoms with van der Waals surface area (Å²) in [7, 11) is -3.20. The highest BCUT2D eigenvalue weighted by molar-refractivity contribution is 7.90. The van der Waals surface area contributed by atoms with Crippen LogP contribution in [0.4, 0.5) is 5.69 Å². The number of hydrogen-bond donors (Lipinski definition) is 1. The second-order valence-corrected chi connectivity index (χ2v) is 5.66. The second-order valence-electron chi connectivity index (χ2n) is 3.67. The fourth-order valence-corrected chi connectivity index (χ4v) is 2.41. The van der Waals surface area contributed by atoms with Gasteiger partial charge in [-0.2, -0.15) is 10.3 Å². The summed E-state index contributed by atoms with van der Waals surface area (Å²) in [5.74, 6) is 0.457. The zero-order valence-corrected chi connectivity index (χ0v) is 10.7. The molecule has 0 unspecified atom stereocenters. The Morgan fingerprint density at radius 1 is 1.47 bits per heavy atom. The van der Waals surface area contributed by atoms with Gasteiger partial charge in [-0.3, -0.25) is 0 Å². The van der Waals surface area contributed by atoms with Crippen LogP contribution in [0.1, 0.15) is 12.5 Å². The minimum Gasteiger partial charge on any atom is -0.343 e. The molecule has 6 heteroatoms. The molecule has 0 atom stereocenters. The first-order chi connectivity index (χ1) is 7.84. The molecule has 0 aromatic heterocycles. The van der Waals surface area contributed by atoms with Gasteiger partial charge in [-0.1, -0.05) is 0 Å². The number of anilines is 1. The number of hydrogen-bond acceptors (Lipinski definition) is 4. The first-order valence-electron chi connectivity index (χ1n) is 4.85. The molecule has 0 aliphatic rings. The molecule has 0 spiro atoms. The van der Waals surface area contributed by atoms with E-state index in [0.29, 0.717) is 22.0 Å². The van der Waals surface area contributed by atoms with Crippen LogP contribution in [-0.4, -0.2) is 20.5 Å². The Hall–Kier alpha value is -1.87. The van der Waals surface area contributed by atoms with Gasteiger partial charge in [0.2, 0.25) is 6.19 Å². The number of aryl methyl sites for hydroxylation is 1. The average Bonchev–Trinajstić information content (AvgIpc) is 2.15. The highest BCUT2D eigenvalue weighted by Crippen LogP contribution is 2.19. The van der Waals surface area contributed by atoms with Gasteiger partial charge >= 0.3 is 0 Å². The van der Waals surface area contributed by atoms with Gasteiger partial charge in [0.25, 0.3) is 0 Å². The van der Waals surface area contributed by atoms with Gasteiger partial charge in [-0.05, 0) is 37.6 Å². The summed E-state index contributed by atoms with van der Waals surface area (Å²) in [6, 6.07) is 4.87. The number of benzene rings is 1. The third-order valence-electron chi connectivity index (χ3n) is 2.12. The maximum atomic E-state index is 11.4. The molecule has 17 heavy (non-hydrogen) atoms. The number of nitrogens with one attached hydrogen (secondary N) is 1. The summed E-state index contributed by atoms with van der Waals surface area (Å²) in [4.78, 5) is 3.82. The van der Waals surface area contributed by atoms with Crippen molar-refractivity contribution in [3.8, 4) is 6.19 Å². The standard InChI is InChI=1S/C11H13N3O2S/c1-8-6-10(14-9(2)13-7-12)4-5-11(8)17(3,15)16/h4-6H,1-3H3,(H,13,14). The second kappa shape index (κ2) is 4.97. The Bertz CT molecular complexity index is 598. The van der Waals surface area contributed by atoms with Crippen LogP contribution in [0.25, 0.3) is 0 Å². The Balaban J connectivity index is 3.07. The first-order valence-corrected chi connectivity index (χ1v) is 6.75. The van der Waals surface area contributed by atoms with Crippen molar-refractivity contribution in [2.24, 2.45) is 4.99 Å². The quantitative estimate of drug-likeness (QED) is 0.493. The Morgan fingerprint density at radius 3 is 2.59 bits per heavy atom. The smallest absolute Gasteiger partial charge is 0.207 e. The summed E-state index contributed by atoms with van der Waals surface area (Å²) in [6.45, 7) is 3.38. The molecule has 1 aromatic rings. The molecule has 1 rings (SSSR count). The van der Waals surface area contributed by atoms with Crippen LogP contribution in [0, 0.1) is 18.4 Å². The van der Waals surface area contributed by atoms with Gasteiger partial charge in [0.05, 0.1) is 4.90 Å². The number of rotatable bonds is 2. The molecule has 1 aromatic carbocycles. The zero-order valence-electron chi connectivity index (χ0n) is 9.85. The van der Waals surface area contributed by atoms with Gasteiger partial charge < -0.3 is 5.32 Å². The molecule has 1 N–H and O–H groups in total.